The predicted octanol–water partition coefficient (Wildman–Crippen LogP) is 3.66. The van der Waals surface area contributed by atoms with Crippen LogP contribution in [0.1, 0.15) is 49.6 Å². The molecule has 114 valence electrons. The van der Waals surface area contributed by atoms with Crippen molar-refractivity contribution in [3.8, 4) is 0 Å². The van der Waals surface area contributed by atoms with Gasteiger partial charge in [-0.2, -0.15) is 5.10 Å². The second-order valence-corrected chi connectivity index (χ2v) is 5.54. The Hall–Kier alpha value is -1.61. The molecule has 1 atom stereocenters. The van der Waals surface area contributed by atoms with E-state index in [1.165, 1.54) is 16.8 Å². The molecule has 0 radical (unpaired) electrons. The van der Waals surface area contributed by atoms with Crippen molar-refractivity contribution in [2.75, 3.05) is 6.54 Å². The van der Waals surface area contributed by atoms with Crippen LogP contribution in [0.5, 0.6) is 0 Å². The van der Waals surface area contributed by atoms with E-state index in [-0.39, 0.29) is 0 Å². The quantitative estimate of drug-likeness (QED) is 0.802. The minimum Gasteiger partial charge on any atom is -0.310 e. The molecule has 1 aromatic heterocycles. The van der Waals surface area contributed by atoms with Crippen molar-refractivity contribution in [1.29, 1.82) is 0 Å². The van der Waals surface area contributed by atoms with Gasteiger partial charge >= 0.3 is 0 Å². The van der Waals surface area contributed by atoms with E-state index in [4.69, 9.17) is 0 Å². The maximum atomic E-state index is 4.26. The van der Waals surface area contributed by atoms with E-state index in [1.54, 1.807) is 0 Å². The maximum absolute atomic E-state index is 4.26. The SMILES string of the molecule is CCCNC(CCc1ccnn1C)c1ccccc1CC. The van der Waals surface area contributed by atoms with Crippen molar-refractivity contribution in [1.82, 2.24) is 15.1 Å². The Bertz CT molecular complexity index is 545. The molecule has 1 aromatic carbocycles. The molecule has 0 spiro atoms. The molecule has 0 saturated carbocycles. The molecule has 1 heterocycles. The van der Waals surface area contributed by atoms with E-state index in [1.807, 2.05) is 17.9 Å². The summed E-state index contributed by atoms with van der Waals surface area (Å²) < 4.78 is 1.97. The maximum Gasteiger partial charge on any atom is 0.0492 e. The first-order chi connectivity index (χ1) is 10.3. The Labute approximate surface area is 128 Å². The largest absolute Gasteiger partial charge is 0.310 e. The summed E-state index contributed by atoms with van der Waals surface area (Å²) in [7, 11) is 2.02. The van der Waals surface area contributed by atoms with Gasteiger partial charge in [-0.1, -0.05) is 38.1 Å². The topological polar surface area (TPSA) is 29.9 Å². The first kappa shape index (κ1) is 15.8. The first-order valence-corrected chi connectivity index (χ1v) is 8.04. The molecule has 0 aliphatic rings. The highest BCUT2D eigenvalue weighted by Crippen LogP contribution is 2.23. The lowest BCUT2D eigenvalue weighted by Crippen LogP contribution is -2.24. The standard InChI is InChI=1S/C18H27N3/c1-4-13-19-18(11-10-16-12-14-20-21(16)3)17-9-7-6-8-15(17)5-2/h6-9,12,14,18-19H,4-5,10-11,13H2,1-3H3. The zero-order valence-corrected chi connectivity index (χ0v) is 13.5. The Morgan fingerprint density at radius 3 is 2.67 bits per heavy atom. The third-order valence-electron chi connectivity index (χ3n) is 4.06. The molecule has 21 heavy (non-hydrogen) atoms. The monoisotopic (exact) mass is 285 g/mol. The van der Waals surface area contributed by atoms with Crippen LogP contribution in [-0.2, 0) is 19.9 Å². The Morgan fingerprint density at radius 1 is 1.19 bits per heavy atom. The highest BCUT2D eigenvalue weighted by Gasteiger charge is 2.14. The zero-order chi connectivity index (χ0) is 15.1. The van der Waals surface area contributed by atoms with Gasteiger partial charge in [0.25, 0.3) is 0 Å². The lowest BCUT2D eigenvalue weighted by Gasteiger charge is -2.21. The van der Waals surface area contributed by atoms with E-state index >= 15 is 0 Å². The molecule has 2 rings (SSSR count). The van der Waals surface area contributed by atoms with Crippen LogP contribution in [-0.4, -0.2) is 16.3 Å². The fourth-order valence-corrected chi connectivity index (χ4v) is 2.82. The number of nitrogens with zero attached hydrogens (tertiary/aromatic N) is 2. The lowest BCUT2D eigenvalue weighted by atomic mass is 9.94. The van der Waals surface area contributed by atoms with Crippen LogP contribution in [0.2, 0.25) is 0 Å². The molecule has 2 aromatic rings. The Morgan fingerprint density at radius 2 is 2.00 bits per heavy atom. The Kier molecular flexibility index (Phi) is 6.00. The van der Waals surface area contributed by atoms with Crippen LogP contribution in [0.15, 0.2) is 36.5 Å². The molecule has 0 bridgehead atoms. The van der Waals surface area contributed by atoms with Crippen LogP contribution < -0.4 is 5.32 Å². The summed E-state index contributed by atoms with van der Waals surface area (Å²) in [6, 6.07) is 11.4. The lowest BCUT2D eigenvalue weighted by molar-refractivity contribution is 0.489. The summed E-state index contributed by atoms with van der Waals surface area (Å²) in [5, 5.41) is 7.97. The molecular formula is C18H27N3. The van der Waals surface area contributed by atoms with Gasteiger partial charge in [-0.25, -0.2) is 0 Å². The van der Waals surface area contributed by atoms with Gasteiger partial charge in [-0.05, 0) is 49.4 Å². The highest BCUT2D eigenvalue weighted by molar-refractivity contribution is 5.30. The van der Waals surface area contributed by atoms with Gasteiger partial charge in [0.05, 0.1) is 0 Å². The molecule has 1 unspecified atom stereocenters. The summed E-state index contributed by atoms with van der Waals surface area (Å²) in [5.74, 6) is 0. The van der Waals surface area contributed by atoms with Gasteiger partial charge in [0.15, 0.2) is 0 Å². The van der Waals surface area contributed by atoms with E-state index in [9.17, 15) is 0 Å². The van der Waals surface area contributed by atoms with Crippen LogP contribution in [0, 0.1) is 0 Å². The van der Waals surface area contributed by atoms with Gasteiger partial charge in [0, 0.05) is 25.0 Å². The summed E-state index contributed by atoms with van der Waals surface area (Å²) in [5.41, 5.74) is 4.21. The van der Waals surface area contributed by atoms with Gasteiger partial charge in [0.2, 0.25) is 0 Å². The van der Waals surface area contributed by atoms with E-state index in [0.29, 0.717) is 6.04 Å². The molecule has 1 N–H and O–H groups in total. The van der Waals surface area contributed by atoms with E-state index in [2.05, 4.69) is 54.6 Å². The molecule has 3 nitrogen and oxygen atoms in total. The van der Waals surface area contributed by atoms with Crippen LogP contribution >= 0.6 is 0 Å². The minimum atomic E-state index is 0.427. The third kappa shape index (κ3) is 4.18. The second kappa shape index (κ2) is 7.99. The molecule has 3 heteroatoms. The third-order valence-corrected chi connectivity index (χ3v) is 4.06. The van der Waals surface area contributed by atoms with Gasteiger partial charge in [-0.3, -0.25) is 4.68 Å². The Balaban J connectivity index is 2.12. The number of aryl methyl sites for hydroxylation is 3. The number of benzene rings is 1. The molecule has 0 amide bonds. The number of aromatic nitrogens is 2. The van der Waals surface area contributed by atoms with Crippen molar-refractivity contribution >= 4 is 0 Å². The van der Waals surface area contributed by atoms with Gasteiger partial charge < -0.3 is 5.32 Å². The minimum absolute atomic E-state index is 0.427. The number of nitrogens with one attached hydrogen (secondary N) is 1. The average molecular weight is 285 g/mol. The van der Waals surface area contributed by atoms with Crippen molar-refractivity contribution in [3.05, 3.63) is 53.3 Å². The molecule has 0 saturated heterocycles. The van der Waals surface area contributed by atoms with Crippen LogP contribution in [0.4, 0.5) is 0 Å². The summed E-state index contributed by atoms with van der Waals surface area (Å²) >= 11 is 0. The normalized spacial score (nSPS) is 12.5. The van der Waals surface area contributed by atoms with E-state index in [0.717, 1.165) is 32.2 Å². The first-order valence-electron chi connectivity index (χ1n) is 8.04. The fraction of sp³-hybridized carbons (Fsp3) is 0.500. The number of hydrogen-bond donors (Lipinski definition) is 1. The van der Waals surface area contributed by atoms with Crippen molar-refractivity contribution in [2.45, 2.75) is 45.6 Å². The highest BCUT2D eigenvalue weighted by atomic mass is 15.2. The number of hydrogen-bond acceptors (Lipinski definition) is 2. The second-order valence-electron chi connectivity index (χ2n) is 5.54. The number of rotatable bonds is 8. The smallest absolute Gasteiger partial charge is 0.0492 e. The van der Waals surface area contributed by atoms with Crippen LogP contribution in [0.3, 0.4) is 0 Å². The summed E-state index contributed by atoms with van der Waals surface area (Å²) in [4.78, 5) is 0. The molecular weight excluding hydrogens is 258 g/mol. The average Bonchev–Trinajstić information content (AvgIpc) is 2.93. The van der Waals surface area contributed by atoms with Crippen LogP contribution in [0.25, 0.3) is 0 Å². The molecule has 0 aliphatic heterocycles. The molecule has 0 aliphatic carbocycles. The van der Waals surface area contributed by atoms with Gasteiger partial charge in [-0.15, -0.1) is 0 Å². The van der Waals surface area contributed by atoms with E-state index < -0.39 is 0 Å². The zero-order valence-electron chi connectivity index (χ0n) is 13.5. The van der Waals surface area contributed by atoms with Crippen molar-refractivity contribution in [2.24, 2.45) is 7.05 Å². The van der Waals surface area contributed by atoms with Crippen molar-refractivity contribution < 1.29 is 0 Å². The fourth-order valence-electron chi connectivity index (χ4n) is 2.82. The predicted molar refractivity (Wildman–Crippen MR) is 88.4 cm³/mol. The molecule has 0 fully saturated rings. The summed E-state index contributed by atoms with van der Waals surface area (Å²) in [6.45, 7) is 5.52. The van der Waals surface area contributed by atoms with Gasteiger partial charge in [0.1, 0.15) is 0 Å². The summed E-state index contributed by atoms with van der Waals surface area (Å²) in [6.07, 6.45) is 6.29. The van der Waals surface area contributed by atoms with Crippen molar-refractivity contribution in [3.63, 3.8) is 0 Å².